The molecule has 1 N–H and O–H groups in total. The van der Waals surface area contributed by atoms with Gasteiger partial charge in [0, 0.05) is 17.5 Å². The van der Waals surface area contributed by atoms with E-state index in [-0.39, 0.29) is 11.7 Å². The summed E-state index contributed by atoms with van der Waals surface area (Å²) >= 11 is 0. The smallest absolute Gasteiger partial charge is 0.252 e. The summed E-state index contributed by atoms with van der Waals surface area (Å²) in [4.78, 5) is 14.3. The van der Waals surface area contributed by atoms with Crippen molar-refractivity contribution in [1.82, 2.24) is 4.98 Å². The molecule has 1 saturated heterocycles. The van der Waals surface area contributed by atoms with Gasteiger partial charge in [-0.15, -0.1) is 0 Å². The van der Waals surface area contributed by atoms with Crippen molar-refractivity contribution in [2.24, 2.45) is 0 Å². The van der Waals surface area contributed by atoms with E-state index in [2.05, 4.69) is 4.98 Å². The molecule has 2 heterocycles. The van der Waals surface area contributed by atoms with Crippen molar-refractivity contribution in [1.29, 1.82) is 0 Å². The highest BCUT2D eigenvalue weighted by molar-refractivity contribution is 5.85. The van der Waals surface area contributed by atoms with Crippen LogP contribution in [0, 0.1) is 0 Å². The van der Waals surface area contributed by atoms with Crippen molar-refractivity contribution in [2.75, 3.05) is 20.3 Å². The molecule has 1 unspecified atom stereocenters. The zero-order valence-electron chi connectivity index (χ0n) is 9.93. The number of rotatable bonds is 4. The zero-order chi connectivity index (χ0) is 12.5. The van der Waals surface area contributed by atoms with E-state index in [0.29, 0.717) is 23.6 Å². The Balaban J connectivity index is 2.02. The standard InChI is InChI=1S/C13H13NO4/c1-16-8-2-3-10-11(4-8)14-13(15)5-12(10)18-7-9-6-17-9/h2-5,9H,6-7H2,1H3,(H,14,15). The third kappa shape index (κ3) is 2.17. The fourth-order valence-corrected chi connectivity index (χ4v) is 1.80. The summed E-state index contributed by atoms with van der Waals surface area (Å²) in [6, 6.07) is 6.93. The first-order valence-corrected chi connectivity index (χ1v) is 5.72. The van der Waals surface area contributed by atoms with Crippen molar-refractivity contribution < 1.29 is 14.2 Å². The number of methoxy groups -OCH3 is 1. The molecule has 2 aromatic rings. The van der Waals surface area contributed by atoms with Crippen LogP contribution in [0.4, 0.5) is 0 Å². The molecule has 18 heavy (non-hydrogen) atoms. The minimum Gasteiger partial charge on any atom is -0.497 e. The van der Waals surface area contributed by atoms with E-state index < -0.39 is 0 Å². The quantitative estimate of drug-likeness (QED) is 0.827. The molecule has 0 radical (unpaired) electrons. The number of epoxide rings is 1. The van der Waals surface area contributed by atoms with Gasteiger partial charge in [-0.1, -0.05) is 0 Å². The average molecular weight is 247 g/mol. The molecule has 94 valence electrons. The molecular weight excluding hydrogens is 234 g/mol. The summed E-state index contributed by atoms with van der Waals surface area (Å²) in [7, 11) is 1.59. The third-order valence-corrected chi connectivity index (χ3v) is 2.84. The maximum atomic E-state index is 11.6. The van der Waals surface area contributed by atoms with E-state index in [1.54, 1.807) is 13.2 Å². The van der Waals surface area contributed by atoms with Crippen LogP contribution in [0.2, 0.25) is 0 Å². The molecule has 1 aliphatic heterocycles. The molecule has 1 fully saturated rings. The number of aromatic amines is 1. The van der Waals surface area contributed by atoms with Gasteiger partial charge in [-0.2, -0.15) is 0 Å². The maximum Gasteiger partial charge on any atom is 0.252 e. The predicted molar refractivity (Wildman–Crippen MR) is 66.4 cm³/mol. The molecule has 1 aromatic carbocycles. The van der Waals surface area contributed by atoms with Crippen molar-refractivity contribution >= 4 is 10.9 Å². The Hall–Kier alpha value is -2.01. The number of hydrogen-bond acceptors (Lipinski definition) is 4. The monoisotopic (exact) mass is 247 g/mol. The lowest BCUT2D eigenvalue weighted by Gasteiger charge is -2.08. The summed E-state index contributed by atoms with van der Waals surface area (Å²) in [5, 5.41) is 0.857. The first kappa shape index (κ1) is 11.1. The Labute approximate surface area is 103 Å². The van der Waals surface area contributed by atoms with Gasteiger partial charge in [0.25, 0.3) is 5.56 Å². The lowest BCUT2D eigenvalue weighted by atomic mass is 10.2. The molecule has 3 rings (SSSR count). The van der Waals surface area contributed by atoms with Crippen molar-refractivity contribution in [3.63, 3.8) is 0 Å². The SMILES string of the molecule is COc1ccc2c(OCC3CO3)cc(=O)[nH]c2c1. The number of ether oxygens (including phenoxy) is 3. The normalized spacial score (nSPS) is 17.7. The molecule has 1 atom stereocenters. The van der Waals surface area contributed by atoms with Gasteiger partial charge in [0.05, 0.1) is 19.2 Å². The molecule has 5 nitrogen and oxygen atoms in total. The number of nitrogens with one attached hydrogen (secondary N) is 1. The fraction of sp³-hybridized carbons (Fsp3) is 0.308. The number of fused-ring (bicyclic) bond motifs is 1. The summed E-state index contributed by atoms with van der Waals surface area (Å²) < 4.78 is 15.8. The van der Waals surface area contributed by atoms with Gasteiger partial charge in [-0.3, -0.25) is 4.79 Å². The Kier molecular flexibility index (Phi) is 2.68. The topological polar surface area (TPSA) is 63.9 Å². The Bertz CT molecular complexity index is 630. The molecule has 0 saturated carbocycles. The second-order valence-corrected chi connectivity index (χ2v) is 4.18. The van der Waals surface area contributed by atoms with Crippen LogP contribution >= 0.6 is 0 Å². The Morgan fingerprint density at radius 1 is 1.44 bits per heavy atom. The van der Waals surface area contributed by atoms with Gasteiger partial charge in [-0.25, -0.2) is 0 Å². The van der Waals surface area contributed by atoms with Gasteiger partial charge in [0.1, 0.15) is 24.2 Å². The molecule has 0 aliphatic carbocycles. The molecule has 0 amide bonds. The first-order valence-electron chi connectivity index (χ1n) is 5.72. The van der Waals surface area contributed by atoms with Gasteiger partial charge >= 0.3 is 0 Å². The van der Waals surface area contributed by atoms with E-state index >= 15 is 0 Å². The van der Waals surface area contributed by atoms with Crippen LogP contribution in [0.25, 0.3) is 10.9 Å². The lowest BCUT2D eigenvalue weighted by Crippen LogP contribution is -2.09. The Morgan fingerprint density at radius 3 is 3.00 bits per heavy atom. The molecular formula is C13H13NO4. The van der Waals surface area contributed by atoms with Gasteiger partial charge in [0.2, 0.25) is 0 Å². The third-order valence-electron chi connectivity index (χ3n) is 2.84. The zero-order valence-corrected chi connectivity index (χ0v) is 9.93. The van der Waals surface area contributed by atoms with E-state index in [0.717, 1.165) is 12.0 Å². The number of benzene rings is 1. The minimum atomic E-state index is -0.192. The van der Waals surface area contributed by atoms with Gasteiger partial charge in [0.15, 0.2) is 0 Å². The number of pyridine rings is 1. The number of H-pyrrole nitrogens is 1. The highest BCUT2D eigenvalue weighted by Gasteiger charge is 2.23. The lowest BCUT2D eigenvalue weighted by molar-refractivity contribution is 0.265. The van der Waals surface area contributed by atoms with E-state index in [1.165, 1.54) is 6.07 Å². The minimum absolute atomic E-state index is 0.164. The van der Waals surface area contributed by atoms with Crippen LogP contribution in [0.15, 0.2) is 29.1 Å². The summed E-state index contributed by atoms with van der Waals surface area (Å²) in [5.74, 6) is 1.27. The Morgan fingerprint density at radius 2 is 2.28 bits per heavy atom. The maximum absolute atomic E-state index is 11.6. The number of hydrogen-bond donors (Lipinski definition) is 1. The predicted octanol–water partition coefficient (Wildman–Crippen LogP) is 1.31. The van der Waals surface area contributed by atoms with Crippen LogP contribution in [0.1, 0.15) is 0 Å². The molecule has 5 heteroatoms. The highest BCUT2D eigenvalue weighted by Crippen LogP contribution is 2.26. The highest BCUT2D eigenvalue weighted by atomic mass is 16.6. The van der Waals surface area contributed by atoms with Crippen LogP contribution in [-0.4, -0.2) is 31.4 Å². The van der Waals surface area contributed by atoms with Crippen molar-refractivity contribution in [2.45, 2.75) is 6.10 Å². The van der Waals surface area contributed by atoms with Crippen LogP contribution in [0.5, 0.6) is 11.5 Å². The largest absolute Gasteiger partial charge is 0.497 e. The second-order valence-electron chi connectivity index (χ2n) is 4.18. The average Bonchev–Trinajstić information content (AvgIpc) is 3.19. The summed E-state index contributed by atoms with van der Waals surface area (Å²) in [6.45, 7) is 1.21. The molecule has 0 spiro atoms. The van der Waals surface area contributed by atoms with Gasteiger partial charge < -0.3 is 19.2 Å². The number of aromatic nitrogens is 1. The van der Waals surface area contributed by atoms with E-state index in [4.69, 9.17) is 14.2 Å². The van der Waals surface area contributed by atoms with E-state index in [9.17, 15) is 4.79 Å². The van der Waals surface area contributed by atoms with Crippen LogP contribution < -0.4 is 15.0 Å². The summed E-state index contributed by atoms with van der Waals surface area (Å²) in [5.41, 5.74) is 0.510. The van der Waals surface area contributed by atoms with Crippen LogP contribution in [0.3, 0.4) is 0 Å². The fourth-order valence-electron chi connectivity index (χ4n) is 1.80. The van der Waals surface area contributed by atoms with E-state index in [1.807, 2.05) is 12.1 Å². The molecule has 1 aliphatic rings. The van der Waals surface area contributed by atoms with Crippen LogP contribution in [-0.2, 0) is 4.74 Å². The molecule has 1 aromatic heterocycles. The molecule has 0 bridgehead atoms. The first-order chi connectivity index (χ1) is 8.76. The van der Waals surface area contributed by atoms with Crippen molar-refractivity contribution in [3.05, 3.63) is 34.6 Å². The van der Waals surface area contributed by atoms with Crippen molar-refractivity contribution in [3.8, 4) is 11.5 Å². The summed E-state index contributed by atoms with van der Waals surface area (Å²) in [6.07, 6.45) is 0.164. The van der Waals surface area contributed by atoms with Gasteiger partial charge in [-0.05, 0) is 12.1 Å². The second kappa shape index (κ2) is 4.34.